The Hall–Kier alpha value is -2.08. The van der Waals surface area contributed by atoms with Crippen molar-refractivity contribution < 1.29 is 5.11 Å². The monoisotopic (exact) mass is 237 g/mol. The average molecular weight is 237 g/mol. The normalized spacial score (nSPS) is 9.76. The number of hydrogen-bond acceptors (Lipinski definition) is 4. The van der Waals surface area contributed by atoms with Crippen LogP contribution in [0.5, 0.6) is 0 Å². The van der Waals surface area contributed by atoms with Gasteiger partial charge in [0.1, 0.15) is 0 Å². The van der Waals surface area contributed by atoms with E-state index in [1.165, 1.54) is 0 Å². The number of aliphatic hydroxyl groups excluding tert-OH is 1. The molecule has 0 radical (unpaired) electrons. The molecule has 1 heterocycles. The van der Waals surface area contributed by atoms with Crippen molar-refractivity contribution in [2.75, 3.05) is 12.3 Å². The molecular weight excluding hydrogens is 222 g/mol. The van der Waals surface area contributed by atoms with Crippen LogP contribution in [0, 0.1) is 0 Å². The molecule has 0 fully saturated rings. The maximum Gasteiger partial charge on any atom is 0.272 e. The van der Waals surface area contributed by atoms with Gasteiger partial charge in [0, 0.05) is 12.3 Å². The predicted octanol–water partition coefficient (Wildman–Crippen LogP) is 0.187. The van der Waals surface area contributed by atoms with Crippen molar-refractivity contribution in [1.29, 1.82) is 0 Å². The summed E-state index contributed by atoms with van der Waals surface area (Å²) in [6.07, 6.45) is 0.875. The van der Waals surface area contributed by atoms with Gasteiger partial charge in [0.15, 0.2) is 0 Å². The van der Waals surface area contributed by atoms with Gasteiger partial charge in [-0.2, -0.15) is 0 Å². The Labute approximate surface area is 97.1 Å². The number of benzene rings is 1. The Morgan fingerprint density at radius 2 is 1.82 bits per heavy atom. The Balaban J connectivity index is 0.000000317. The molecule has 6 heteroatoms. The first-order chi connectivity index (χ1) is 8.11. The molecule has 0 amide bonds. The van der Waals surface area contributed by atoms with E-state index in [0.717, 1.165) is 6.42 Å². The first-order valence-corrected chi connectivity index (χ1v) is 5.21. The molecule has 6 nitrogen and oxygen atoms in total. The molecule has 0 saturated heterocycles. The van der Waals surface area contributed by atoms with Crippen molar-refractivity contribution in [3.8, 4) is 0 Å². The van der Waals surface area contributed by atoms with Crippen molar-refractivity contribution in [3.05, 3.63) is 38.9 Å². The Bertz CT molecular complexity index is 599. The molecule has 0 aliphatic heterocycles. The number of nitrogens with one attached hydrogen (secondary N) is 2. The van der Waals surface area contributed by atoms with E-state index >= 15 is 0 Å². The van der Waals surface area contributed by atoms with Gasteiger partial charge in [-0.05, 0) is 18.6 Å². The number of hydrogen-bond donors (Lipinski definition) is 4. The number of anilines is 1. The van der Waals surface area contributed by atoms with Gasteiger partial charge in [0.25, 0.3) is 11.1 Å². The summed E-state index contributed by atoms with van der Waals surface area (Å²) in [6.45, 7) is 2.25. The van der Waals surface area contributed by atoms with Gasteiger partial charge in [0.2, 0.25) is 0 Å². The van der Waals surface area contributed by atoms with Crippen LogP contribution in [-0.2, 0) is 0 Å². The molecule has 0 saturated carbocycles. The van der Waals surface area contributed by atoms with Gasteiger partial charge in [-0.3, -0.25) is 19.8 Å². The minimum Gasteiger partial charge on any atom is -0.398 e. The highest BCUT2D eigenvalue weighted by molar-refractivity contribution is 5.91. The summed E-state index contributed by atoms with van der Waals surface area (Å²) in [5.41, 5.74) is 5.14. The number of aromatic amines is 2. The lowest BCUT2D eigenvalue weighted by Crippen LogP contribution is -2.19. The van der Waals surface area contributed by atoms with Crippen LogP contribution >= 0.6 is 0 Å². The fraction of sp³-hybridized carbons (Fsp3) is 0.273. The largest absolute Gasteiger partial charge is 0.398 e. The zero-order chi connectivity index (χ0) is 12.8. The van der Waals surface area contributed by atoms with E-state index in [-0.39, 0.29) is 16.5 Å². The van der Waals surface area contributed by atoms with Crippen molar-refractivity contribution in [2.24, 2.45) is 0 Å². The SMILES string of the molecule is CCCO.Nc1cccc2c(=O)[nH][nH]c(=O)c12. The molecule has 0 atom stereocenters. The smallest absolute Gasteiger partial charge is 0.272 e. The zero-order valence-electron chi connectivity index (χ0n) is 9.49. The number of H-pyrrole nitrogens is 2. The lowest BCUT2D eigenvalue weighted by Gasteiger charge is -1.97. The van der Waals surface area contributed by atoms with E-state index in [0.29, 0.717) is 17.7 Å². The first kappa shape index (κ1) is 13.0. The highest BCUT2D eigenvalue weighted by Gasteiger charge is 2.04. The van der Waals surface area contributed by atoms with Gasteiger partial charge in [-0.25, -0.2) is 0 Å². The molecular formula is C11H15N3O3. The van der Waals surface area contributed by atoms with Crippen LogP contribution in [0.25, 0.3) is 10.8 Å². The van der Waals surface area contributed by atoms with Crippen LogP contribution in [0.2, 0.25) is 0 Å². The van der Waals surface area contributed by atoms with Crippen LogP contribution in [0.1, 0.15) is 13.3 Å². The number of rotatable bonds is 1. The maximum atomic E-state index is 11.2. The molecule has 17 heavy (non-hydrogen) atoms. The standard InChI is InChI=1S/C8H7N3O2.C3H8O/c9-5-3-1-2-4-6(5)8(13)11-10-7(4)12;1-2-3-4/h1-3H,9H2,(H,10,12)(H,11,13);4H,2-3H2,1H3. The maximum absolute atomic E-state index is 11.2. The molecule has 1 aromatic heterocycles. The third-order valence-corrected chi connectivity index (χ3v) is 2.08. The van der Waals surface area contributed by atoms with E-state index in [1.807, 2.05) is 6.92 Å². The summed E-state index contributed by atoms with van der Waals surface area (Å²) in [4.78, 5) is 22.4. The Morgan fingerprint density at radius 3 is 2.35 bits per heavy atom. The second-order valence-corrected chi connectivity index (χ2v) is 3.40. The lowest BCUT2D eigenvalue weighted by atomic mass is 10.2. The number of fused-ring (bicyclic) bond motifs is 1. The minimum absolute atomic E-state index is 0.242. The van der Waals surface area contributed by atoms with Crippen molar-refractivity contribution >= 4 is 16.5 Å². The summed E-state index contributed by atoms with van der Waals surface area (Å²) in [6, 6.07) is 4.77. The van der Waals surface area contributed by atoms with Crippen molar-refractivity contribution in [1.82, 2.24) is 10.2 Å². The zero-order valence-corrected chi connectivity index (χ0v) is 9.49. The highest BCUT2D eigenvalue weighted by atomic mass is 16.2. The van der Waals surface area contributed by atoms with Gasteiger partial charge in [-0.1, -0.05) is 13.0 Å². The summed E-state index contributed by atoms with van der Waals surface area (Å²) in [5.74, 6) is 0. The fourth-order valence-corrected chi connectivity index (χ4v) is 1.26. The summed E-state index contributed by atoms with van der Waals surface area (Å²) in [5, 5.41) is 12.9. The third-order valence-electron chi connectivity index (χ3n) is 2.08. The van der Waals surface area contributed by atoms with Crippen molar-refractivity contribution in [2.45, 2.75) is 13.3 Å². The molecule has 2 rings (SSSR count). The second-order valence-electron chi connectivity index (χ2n) is 3.40. The highest BCUT2D eigenvalue weighted by Crippen LogP contribution is 2.11. The number of nitrogens with two attached hydrogens (primary N) is 1. The van der Waals surface area contributed by atoms with Crippen LogP contribution in [-0.4, -0.2) is 21.9 Å². The third kappa shape index (κ3) is 2.94. The summed E-state index contributed by atoms with van der Waals surface area (Å²) < 4.78 is 0. The minimum atomic E-state index is -0.382. The second kappa shape index (κ2) is 5.86. The lowest BCUT2D eigenvalue weighted by molar-refractivity contribution is 0.295. The van der Waals surface area contributed by atoms with E-state index in [4.69, 9.17) is 10.8 Å². The molecule has 0 unspecified atom stereocenters. The average Bonchev–Trinajstić information content (AvgIpc) is 2.34. The van der Waals surface area contributed by atoms with Crippen LogP contribution < -0.4 is 16.9 Å². The topological polar surface area (TPSA) is 112 Å². The summed E-state index contributed by atoms with van der Waals surface area (Å²) >= 11 is 0. The number of aromatic nitrogens is 2. The van der Waals surface area contributed by atoms with E-state index < -0.39 is 0 Å². The van der Waals surface area contributed by atoms with Gasteiger partial charge >= 0.3 is 0 Å². The van der Waals surface area contributed by atoms with Crippen LogP contribution in [0.4, 0.5) is 5.69 Å². The molecule has 92 valence electrons. The van der Waals surface area contributed by atoms with Gasteiger partial charge in [-0.15, -0.1) is 0 Å². The molecule has 1 aromatic carbocycles. The molecule has 2 aromatic rings. The van der Waals surface area contributed by atoms with Crippen molar-refractivity contribution in [3.63, 3.8) is 0 Å². The van der Waals surface area contributed by atoms with E-state index in [2.05, 4.69) is 10.2 Å². The summed E-state index contributed by atoms with van der Waals surface area (Å²) in [7, 11) is 0. The number of aliphatic hydroxyl groups is 1. The fourth-order valence-electron chi connectivity index (χ4n) is 1.26. The molecule has 0 spiro atoms. The van der Waals surface area contributed by atoms with Crippen LogP contribution in [0.15, 0.2) is 27.8 Å². The predicted molar refractivity (Wildman–Crippen MR) is 67.0 cm³/mol. The molecule has 0 aliphatic carbocycles. The van der Waals surface area contributed by atoms with E-state index in [1.54, 1.807) is 18.2 Å². The first-order valence-electron chi connectivity index (χ1n) is 5.21. The molecule has 0 bridgehead atoms. The van der Waals surface area contributed by atoms with Crippen LogP contribution in [0.3, 0.4) is 0 Å². The Kier molecular flexibility index (Phi) is 4.47. The quantitative estimate of drug-likeness (QED) is 0.530. The number of nitrogen functional groups attached to an aromatic ring is 1. The molecule has 5 N–H and O–H groups in total. The van der Waals surface area contributed by atoms with Gasteiger partial charge < -0.3 is 10.8 Å². The van der Waals surface area contributed by atoms with E-state index in [9.17, 15) is 9.59 Å². The Morgan fingerprint density at radius 1 is 1.24 bits per heavy atom. The van der Waals surface area contributed by atoms with Gasteiger partial charge in [0.05, 0.1) is 10.8 Å². The molecule has 0 aliphatic rings.